The summed E-state index contributed by atoms with van der Waals surface area (Å²) >= 11 is 0. The summed E-state index contributed by atoms with van der Waals surface area (Å²) < 4.78 is 9.87. The summed E-state index contributed by atoms with van der Waals surface area (Å²) in [5.41, 5.74) is 0. The van der Waals surface area contributed by atoms with Crippen molar-refractivity contribution in [2.24, 2.45) is 17.8 Å². The highest BCUT2D eigenvalue weighted by Crippen LogP contribution is 2.23. The van der Waals surface area contributed by atoms with Gasteiger partial charge in [0.05, 0.1) is 13.2 Å². The Labute approximate surface area is 104 Å². The zero-order valence-corrected chi connectivity index (χ0v) is 11.5. The lowest BCUT2D eigenvalue weighted by molar-refractivity contribution is -0.164. The molecule has 0 aliphatic rings. The smallest absolute Gasteiger partial charge is 0.320 e. The van der Waals surface area contributed by atoms with Gasteiger partial charge in [-0.3, -0.25) is 9.59 Å². The van der Waals surface area contributed by atoms with Gasteiger partial charge in [0.2, 0.25) is 0 Å². The SMILES string of the molecule is CCOC(=O)C(C(=O)OCC)C(C)CC(C)C. The van der Waals surface area contributed by atoms with Crippen molar-refractivity contribution < 1.29 is 19.1 Å². The quantitative estimate of drug-likeness (QED) is 0.510. The maximum absolute atomic E-state index is 11.8. The third-order valence-electron chi connectivity index (χ3n) is 2.49. The van der Waals surface area contributed by atoms with Crippen molar-refractivity contribution in [3.8, 4) is 0 Å². The fourth-order valence-corrected chi connectivity index (χ4v) is 1.90. The molecule has 0 aromatic carbocycles. The van der Waals surface area contributed by atoms with Gasteiger partial charge in [-0.25, -0.2) is 0 Å². The molecule has 17 heavy (non-hydrogen) atoms. The van der Waals surface area contributed by atoms with E-state index in [1.54, 1.807) is 13.8 Å². The predicted molar refractivity (Wildman–Crippen MR) is 65.4 cm³/mol. The lowest BCUT2D eigenvalue weighted by atomic mass is 9.87. The van der Waals surface area contributed by atoms with E-state index in [-0.39, 0.29) is 19.1 Å². The molecule has 1 unspecified atom stereocenters. The number of carbonyl (C=O) groups excluding carboxylic acids is 2. The van der Waals surface area contributed by atoms with E-state index < -0.39 is 17.9 Å². The third kappa shape index (κ3) is 5.71. The van der Waals surface area contributed by atoms with Crippen molar-refractivity contribution in [2.45, 2.75) is 41.0 Å². The van der Waals surface area contributed by atoms with E-state index >= 15 is 0 Å². The molecule has 0 aromatic rings. The Morgan fingerprint density at radius 3 is 1.65 bits per heavy atom. The van der Waals surface area contributed by atoms with Crippen molar-refractivity contribution in [1.82, 2.24) is 0 Å². The molecular formula is C13H24O4. The highest BCUT2D eigenvalue weighted by atomic mass is 16.6. The number of rotatable bonds is 7. The number of esters is 2. The van der Waals surface area contributed by atoms with Gasteiger partial charge in [0.1, 0.15) is 0 Å². The van der Waals surface area contributed by atoms with E-state index in [9.17, 15) is 9.59 Å². The Kier molecular flexibility index (Phi) is 7.59. The van der Waals surface area contributed by atoms with Crippen LogP contribution in [0.1, 0.15) is 41.0 Å². The minimum Gasteiger partial charge on any atom is -0.465 e. The molecule has 0 rings (SSSR count). The Balaban J connectivity index is 4.70. The molecule has 0 aliphatic carbocycles. The summed E-state index contributed by atoms with van der Waals surface area (Å²) in [4.78, 5) is 23.5. The first-order chi connectivity index (χ1) is 7.93. The average Bonchev–Trinajstić information content (AvgIpc) is 2.17. The molecule has 0 fully saturated rings. The number of carbonyl (C=O) groups is 2. The van der Waals surface area contributed by atoms with Crippen molar-refractivity contribution in [3.63, 3.8) is 0 Å². The molecular weight excluding hydrogens is 220 g/mol. The van der Waals surface area contributed by atoms with Crippen molar-refractivity contribution in [3.05, 3.63) is 0 Å². The molecule has 0 spiro atoms. The van der Waals surface area contributed by atoms with E-state index in [4.69, 9.17) is 9.47 Å². The molecule has 0 aliphatic heterocycles. The molecule has 4 heteroatoms. The van der Waals surface area contributed by atoms with Crippen LogP contribution in [0.2, 0.25) is 0 Å². The Morgan fingerprint density at radius 2 is 1.35 bits per heavy atom. The standard InChI is InChI=1S/C13H24O4/c1-6-16-12(14)11(13(15)17-7-2)10(5)8-9(3)4/h9-11H,6-8H2,1-5H3. The Bertz CT molecular complexity index is 230. The van der Waals surface area contributed by atoms with Crippen LogP contribution in [0.4, 0.5) is 0 Å². The summed E-state index contributed by atoms with van der Waals surface area (Å²) in [6.07, 6.45) is 0.794. The van der Waals surface area contributed by atoms with Crippen molar-refractivity contribution in [1.29, 1.82) is 0 Å². The number of hydrogen-bond donors (Lipinski definition) is 0. The minimum absolute atomic E-state index is 0.0619. The zero-order valence-electron chi connectivity index (χ0n) is 11.5. The van der Waals surface area contributed by atoms with Gasteiger partial charge in [-0.05, 0) is 32.1 Å². The summed E-state index contributed by atoms with van der Waals surface area (Å²) in [5, 5.41) is 0. The monoisotopic (exact) mass is 244 g/mol. The van der Waals surface area contributed by atoms with Crippen molar-refractivity contribution in [2.75, 3.05) is 13.2 Å². The maximum Gasteiger partial charge on any atom is 0.320 e. The first-order valence-corrected chi connectivity index (χ1v) is 6.27. The normalized spacial score (nSPS) is 12.6. The van der Waals surface area contributed by atoms with Crippen LogP contribution in [0.15, 0.2) is 0 Å². The highest BCUT2D eigenvalue weighted by molar-refractivity contribution is 5.95. The third-order valence-corrected chi connectivity index (χ3v) is 2.49. The molecule has 1 atom stereocenters. The lowest BCUT2D eigenvalue weighted by Crippen LogP contribution is -2.34. The van der Waals surface area contributed by atoms with E-state index in [1.165, 1.54) is 0 Å². The number of ether oxygens (including phenoxy) is 2. The molecule has 0 aromatic heterocycles. The molecule has 0 heterocycles. The second-order valence-electron chi connectivity index (χ2n) is 4.59. The van der Waals surface area contributed by atoms with Gasteiger partial charge in [0.15, 0.2) is 5.92 Å². The molecule has 4 nitrogen and oxygen atoms in total. The fourth-order valence-electron chi connectivity index (χ4n) is 1.90. The second-order valence-corrected chi connectivity index (χ2v) is 4.59. The summed E-state index contributed by atoms with van der Waals surface area (Å²) in [6, 6.07) is 0. The Morgan fingerprint density at radius 1 is 0.941 bits per heavy atom. The molecule has 100 valence electrons. The van der Waals surface area contributed by atoms with Crippen LogP contribution in [-0.4, -0.2) is 25.2 Å². The van der Waals surface area contributed by atoms with Crippen LogP contribution in [0.5, 0.6) is 0 Å². The van der Waals surface area contributed by atoms with Crippen LogP contribution < -0.4 is 0 Å². The van der Waals surface area contributed by atoms with E-state index in [1.807, 2.05) is 6.92 Å². The van der Waals surface area contributed by atoms with E-state index in [0.717, 1.165) is 6.42 Å². The van der Waals surface area contributed by atoms with Gasteiger partial charge in [0, 0.05) is 0 Å². The largest absolute Gasteiger partial charge is 0.465 e. The zero-order chi connectivity index (χ0) is 13.4. The molecule has 0 amide bonds. The van der Waals surface area contributed by atoms with Gasteiger partial charge >= 0.3 is 11.9 Å². The van der Waals surface area contributed by atoms with Gasteiger partial charge < -0.3 is 9.47 Å². The van der Waals surface area contributed by atoms with E-state index in [2.05, 4.69) is 13.8 Å². The van der Waals surface area contributed by atoms with Crippen molar-refractivity contribution >= 4 is 11.9 Å². The van der Waals surface area contributed by atoms with Crippen LogP contribution in [-0.2, 0) is 19.1 Å². The van der Waals surface area contributed by atoms with Gasteiger partial charge in [0.25, 0.3) is 0 Å². The van der Waals surface area contributed by atoms with Crippen LogP contribution >= 0.6 is 0 Å². The summed E-state index contributed by atoms with van der Waals surface area (Å²) in [6.45, 7) is 10.0. The maximum atomic E-state index is 11.8. The van der Waals surface area contributed by atoms with Crippen LogP contribution in [0.25, 0.3) is 0 Å². The molecule has 0 bridgehead atoms. The fraction of sp³-hybridized carbons (Fsp3) is 0.846. The van der Waals surface area contributed by atoms with Gasteiger partial charge in [-0.2, -0.15) is 0 Å². The van der Waals surface area contributed by atoms with Crippen LogP contribution in [0.3, 0.4) is 0 Å². The predicted octanol–water partition coefficient (Wildman–Crippen LogP) is 2.41. The lowest BCUT2D eigenvalue weighted by Gasteiger charge is -2.22. The van der Waals surface area contributed by atoms with Gasteiger partial charge in [-0.1, -0.05) is 20.8 Å². The first kappa shape index (κ1) is 15.9. The highest BCUT2D eigenvalue weighted by Gasteiger charge is 2.34. The minimum atomic E-state index is -0.794. The van der Waals surface area contributed by atoms with Gasteiger partial charge in [-0.15, -0.1) is 0 Å². The summed E-state index contributed by atoms with van der Waals surface area (Å²) in [5.74, 6) is -1.38. The molecule has 0 saturated carbocycles. The second kappa shape index (κ2) is 8.09. The summed E-state index contributed by atoms with van der Waals surface area (Å²) in [7, 11) is 0. The Hall–Kier alpha value is -1.06. The molecule has 0 radical (unpaired) electrons. The number of hydrogen-bond acceptors (Lipinski definition) is 4. The average molecular weight is 244 g/mol. The van der Waals surface area contributed by atoms with E-state index in [0.29, 0.717) is 5.92 Å². The topological polar surface area (TPSA) is 52.6 Å². The molecule has 0 saturated heterocycles. The molecule has 0 N–H and O–H groups in total. The van der Waals surface area contributed by atoms with Crippen LogP contribution in [0, 0.1) is 17.8 Å². The first-order valence-electron chi connectivity index (χ1n) is 6.27.